The molecule has 1 aromatic rings. The van der Waals surface area contributed by atoms with E-state index in [1.54, 1.807) is 6.92 Å². The molecule has 0 unspecified atom stereocenters. The molecule has 0 aliphatic heterocycles. The molecule has 0 aromatic heterocycles. The van der Waals surface area contributed by atoms with Crippen molar-refractivity contribution >= 4 is 15.9 Å². The number of sulfonamides is 1. The van der Waals surface area contributed by atoms with Crippen molar-refractivity contribution in [1.29, 1.82) is 0 Å². The number of aryl methyl sites for hydroxylation is 1. The zero-order valence-electron chi connectivity index (χ0n) is 10.6. The van der Waals surface area contributed by atoms with E-state index in [1.165, 1.54) is 18.2 Å². The average molecular weight is 280 g/mol. The van der Waals surface area contributed by atoms with Crippen molar-refractivity contribution in [2.45, 2.75) is 30.7 Å². The average Bonchev–Trinajstić information content (AvgIpc) is 2.80. The van der Waals surface area contributed by atoms with E-state index in [2.05, 4.69) is 5.32 Å². The molecule has 3 N–H and O–H groups in total. The molecule has 1 aliphatic carbocycles. The molecular formula is C13H16N2O3S. The maximum absolute atomic E-state index is 12.1. The molecule has 5 nitrogen and oxygen atoms in total. The van der Waals surface area contributed by atoms with Gasteiger partial charge in [-0.1, -0.05) is 12.2 Å². The Morgan fingerprint density at radius 3 is 2.47 bits per heavy atom. The van der Waals surface area contributed by atoms with Gasteiger partial charge in [-0.05, 0) is 43.5 Å². The fraction of sp³-hybridized carbons (Fsp3) is 0.308. The Balaban J connectivity index is 2.18. The molecule has 6 heteroatoms. The van der Waals surface area contributed by atoms with Crippen LogP contribution in [0.2, 0.25) is 0 Å². The highest BCUT2D eigenvalue weighted by Crippen LogP contribution is 2.16. The molecular weight excluding hydrogens is 264 g/mol. The minimum Gasteiger partial charge on any atom is -0.349 e. The first-order valence-electron chi connectivity index (χ1n) is 5.97. The Labute approximate surface area is 112 Å². The summed E-state index contributed by atoms with van der Waals surface area (Å²) in [5, 5.41) is 7.96. The van der Waals surface area contributed by atoms with Gasteiger partial charge in [0.15, 0.2) is 0 Å². The van der Waals surface area contributed by atoms with Gasteiger partial charge in [0.1, 0.15) is 0 Å². The van der Waals surface area contributed by atoms with E-state index >= 15 is 0 Å². The number of rotatable bonds is 3. The Hall–Kier alpha value is -1.66. The SMILES string of the molecule is Cc1cc(S(N)(=O)=O)ccc1C(=O)NC1CC=CC1. The maximum atomic E-state index is 12.1. The summed E-state index contributed by atoms with van der Waals surface area (Å²) in [5.41, 5.74) is 1.06. The second-order valence-electron chi connectivity index (χ2n) is 4.63. The highest BCUT2D eigenvalue weighted by atomic mass is 32.2. The van der Waals surface area contributed by atoms with Crippen molar-refractivity contribution in [3.8, 4) is 0 Å². The summed E-state index contributed by atoms with van der Waals surface area (Å²) >= 11 is 0. The zero-order chi connectivity index (χ0) is 14.0. The number of nitrogens with one attached hydrogen (secondary N) is 1. The Bertz CT molecular complexity index is 627. The molecule has 0 saturated carbocycles. The second-order valence-corrected chi connectivity index (χ2v) is 6.20. The molecule has 0 spiro atoms. The molecule has 0 radical (unpaired) electrons. The van der Waals surface area contributed by atoms with Crippen LogP contribution in [0.5, 0.6) is 0 Å². The monoisotopic (exact) mass is 280 g/mol. The van der Waals surface area contributed by atoms with Gasteiger partial charge in [-0.25, -0.2) is 13.6 Å². The lowest BCUT2D eigenvalue weighted by atomic mass is 10.1. The molecule has 19 heavy (non-hydrogen) atoms. The highest BCUT2D eigenvalue weighted by molar-refractivity contribution is 7.89. The van der Waals surface area contributed by atoms with E-state index in [1.807, 2.05) is 12.2 Å². The maximum Gasteiger partial charge on any atom is 0.251 e. The first-order valence-corrected chi connectivity index (χ1v) is 7.52. The second kappa shape index (κ2) is 5.14. The minimum absolute atomic E-state index is 0.0177. The molecule has 0 fully saturated rings. The van der Waals surface area contributed by atoms with Gasteiger partial charge < -0.3 is 5.32 Å². The summed E-state index contributed by atoms with van der Waals surface area (Å²) in [6.07, 6.45) is 5.73. The van der Waals surface area contributed by atoms with E-state index in [0.717, 1.165) is 12.8 Å². The van der Waals surface area contributed by atoms with E-state index in [-0.39, 0.29) is 16.8 Å². The van der Waals surface area contributed by atoms with Crippen molar-refractivity contribution in [2.75, 3.05) is 0 Å². The molecule has 0 heterocycles. The van der Waals surface area contributed by atoms with Crippen LogP contribution in [0.25, 0.3) is 0 Å². The number of hydrogen-bond donors (Lipinski definition) is 2. The molecule has 2 rings (SSSR count). The summed E-state index contributed by atoms with van der Waals surface area (Å²) in [5.74, 6) is -0.188. The van der Waals surface area contributed by atoms with Gasteiger partial charge in [0, 0.05) is 11.6 Å². The number of nitrogens with two attached hydrogens (primary N) is 1. The van der Waals surface area contributed by atoms with Crippen molar-refractivity contribution < 1.29 is 13.2 Å². The van der Waals surface area contributed by atoms with E-state index in [9.17, 15) is 13.2 Å². The fourth-order valence-electron chi connectivity index (χ4n) is 2.07. The molecule has 1 aliphatic rings. The zero-order valence-corrected chi connectivity index (χ0v) is 11.4. The van der Waals surface area contributed by atoms with Crippen LogP contribution < -0.4 is 10.5 Å². The first kappa shape index (κ1) is 13.8. The Morgan fingerprint density at radius 1 is 1.32 bits per heavy atom. The molecule has 0 atom stereocenters. The summed E-state index contributed by atoms with van der Waals surface area (Å²) in [7, 11) is -3.73. The number of amides is 1. The summed E-state index contributed by atoms with van der Waals surface area (Å²) in [6, 6.07) is 4.39. The minimum atomic E-state index is -3.73. The van der Waals surface area contributed by atoms with E-state index in [0.29, 0.717) is 11.1 Å². The number of primary sulfonamides is 1. The van der Waals surface area contributed by atoms with Gasteiger partial charge in [-0.2, -0.15) is 0 Å². The summed E-state index contributed by atoms with van der Waals surface area (Å²) in [4.78, 5) is 12.1. The molecule has 1 amide bonds. The lowest BCUT2D eigenvalue weighted by Gasteiger charge is -2.13. The van der Waals surface area contributed by atoms with Crippen molar-refractivity contribution in [1.82, 2.24) is 5.32 Å². The van der Waals surface area contributed by atoms with Crippen LogP contribution in [0, 0.1) is 6.92 Å². The standard InChI is InChI=1S/C13H16N2O3S/c1-9-8-11(19(14,17)18)6-7-12(9)13(16)15-10-4-2-3-5-10/h2-3,6-8,10H,4-5H2,1H3,(H,15,16)(H2,14,17,18). The number of benzene rings is 1. The number of carbonyl (C=O) groups excluding carboxylic acids is 1. The largest absolute Gasteiger partial charge is 0.349 e. The van der Waals surface area contributed by atoms with Crippen LogP contribution in [0.15, 0.2) is 35.2 Å². The van der Waals surface area contributed by atoms with Crippen LogP contribution >= 0.6 is 0 Å². The van der Waals surface area contributed by atoms with Gasteiger partial charge in [-0.3, -0.25) is 4.79 Å². The molecule has 0 saturated heterocycles. The first-order chi connectivity index (χ1) is 8.88. The third-order valence-corrected chi connectivity index (χ3v) is 4.03. The third-order valence-electron chi connectivity index (χ3n) is 3.11. The predicted molar refractivity (Wildman–Crippen MR) is 72.2 cm³/mol. The lowest BCUT2D eigenvalue weighted by Crippen LogP contribution is -2.33. The topological polar surface area (TPSA) is 89.3 Å². The Morgan fingerprint density at radius 2 is 1.95 bits per heavy atom. The Kier molecular flexibility index (Phi) is 3.73. The fourth-order valence-corrected chi connectivity index (χ4v) is 2.66. The number of carbonyl (C=O) groups is 1. The van der Waals surface area contributed by atoms with Crippen LogP contribution in [0.1, 0.15) is 28.8 Å². The van der Waals surface area contributed by atoms with Gasteiger partial charge in [0.2, 0.25) is 10.0 Å². The summed E-state index contributed by atoms with van der Waals surface area (Å²) < 4.78 is 22.4. The molecule has 102 valence electrons. The van der Waals surface area contributed by atoms with Crippen molar-refractivity contribution in [2.24, 2.45) is 5.14 Å². The van der Waals surface area contributed by atoms with Crippen LogP contribution in [-0.2, 0) is 10.0 Å². The third kappa shape index (κ3) is 3.21. The van der Waals surface area contributed by atoms with Crippen LogP contribution in [0.4, 0.5) is 0 Å². The van der Waals surface area contributed by atoms with E-state index in [4.69, 9.17) is 5.14 Å². The van der Waals surface area contributed by atoms with E-state index < -0.39 is 10.0 Å². The highest BCUT2D eigenvalue weighted by Gasteiger charge is 2.17. The lowest BCUT2D eigenvalue weighted by molar-refractivity contribution is 0.0938. The van der Waals surface area contributed by atoms with Crippen LogP contribution in [0.3, 0.4) is 0 Å². The predicted octanol–water partition coefficient (Wildman–Crippen LogP) is 1.09. The quantitative estimate of drug-likeness (QED) is 0.812. The van der Waals surface area contributed by atoms with Gasteiger partial charge in [-0.15, -0.1) is 0 Å². The number of hydrogen-bond acceptors (Lipinski definition) is 3. The molecule has 1 aromatic carbocycles. The summed E-state index contributed by atoms with van der Waals surface area (Å²) in [6.45, 7) is 1.69. The van der Waals surface area contributed by atoms with Crippen molar-refractivity contribution in [3.05, 3.63) is 41.5 Å². The normalized spacial score (nSPS) is 15.7. The van der Waals surface area contributed by atoms with Crippen LogP contribution in [-0.4, -0.2) is 20.4 Å². The van der Waals surface area contributed by atoms with Crippen molar-refractivity contribution in [3.63, 3.8) is 0 Å². The molecule has 0 bridgehead atoms. The van der Waals surface area contributed by atoms with Gasteiger partial charge >= 0.3 is 0 Å². The van der Waals surface area contributed by atoms with Gasteiger partial charge in [0.25, 0.3) is 5.91 Å². The van der Waals surface area contributed by atoms with Gasteiger partial charge in [0.05, 0.1) is 4.90 Å². The smallest absolute Gasteiger partial charge is 0.251 e.